The first-order valence-corrected chi connectivity index (χ1v) is 15.2. The molecule has 3 N–H and O–H groups in total. The molecule has 7 nitrogen and oxygen atoms in total. The summed E-state index contributed by atoms with van der Waals surface area (Å²) in [6, 6.07) is 22.7. The summed E-state index contributed by atoms with van der Waals surface area (Å²) < 4.78 is 27.8. The smallest absolute Gasteiger partial charge is 0.303 e. The number of β-amino-alcohol motifs (C(OH)–C–C–N with tert-alkyl or cyclic N) is 1. The zero-order valence-electron chi connectivity index (χ0n) is 23.9. The predicted molar refractivity (Wildman–Crippen MR) is 160 cm³/mol. The highest BCUT2D eigenvalue weighted by molar-refractivity contribution is 7.89. The molecule has 0 aliphatic rings. The molecule has 0 radical (unpaired) electrons. The Kier molecular flexibility index (Phi) is 11.0. The number of hydrogen-bond acceptors (Lipinski definition) is 5. The molecule has 0 amide bonds. The van der Waals surface area contributed by atoms with Gasteiger partial charge in [-0.1, -0.05) is 66.2 Å². The maximum absolute atomic E-state index is 13.3. The van der Waals surface area contributed by atoms with Gasteiger partial charge in [0.1, 0.15) is 0 Å². The number of hydrogen-bond donors (Lipinski definition) is 3. The maximum atomic E-state index is 13.3. The lowest BCUT2D eigenvalue weighted by molar-refractivity contribution is -0.136. The molecule has 0 heterocycles. The zero-order chi connectivity index (χ0) is 29.3. The number of likely N-dealkylation sites (N-methyl/N-ethyl adjacent to an activating group) is 1. The van der Waals surface area contributed by atoms with Crippen LogP contribution in [0.4, 0.5) is 0 Å². The van der Waals surface area contributed by atoms with Crippen molar-refractivity contribution < 1.29 is 23.4 Å². The first kappa shape index (κ1) is 31.5. The van der Waals surface area contributed by atoms with E-state index < -0.39 is 22.1 Å². The Morgan fingerprint density at radius 3 is 2.27 bits per heavy atom. The Morgan fingerprint density at radius 2 is 1.60 bits per heavy atom. The number of rotatable bonds is 15. The summed E-state index contributed by atoms with van der Waals surface area (Å²) >= 11 is 0. The van der Waals surface area contributed by atoms with E-state index in [0.717, 1.165) is 36.0 Å². The van der Waals surface area contributed by atoms with Crippen LogP contribution in [0.3, 0.4) is 0 Å². The molecule has 216 valence electrons. The van der Waals surface area contributed by atoms with Crippen molar-refractivity contribution in [3.05, 3.63) is 89.5 Å². The molecule has 3 rings (SSSR count). The van der Waals surface area contributed by atoms with E-state index in [1.54, 1.807) is 18.2 Å². The number of nitrogens with zero attached hydrogens (tertiary/aromatic N) is 1. The van der Waals surface area contributed by atoms with Gasteiger partial charge in [-0.2, -0.15) is 4.31 Å². The number of carbonyl (C=O) groups is 1. The van der Waals surface area contributed by atoms with Crippen LogP contribution in [0.2, 0.25) is 0 Å². The van der Waals surface area contributed by atoms with Gasteiger partial charge in [0.2, 0.25) is 10.0 Å². The van der Waals surface area contributed by atoms with Gasteiger partial charge in [0, 0.05) is 32.1 Å². The van der Waals surface area contributed by atoms with E-state index in [0.29, 0.717) is 6.42 Å². The van der Waals surface area contributed by atoms with Crippen molar-refractivity contribution in [3.63, 3.8) is 0 Å². The minimum absolute atomic E-state index is 0.0322. The predicted octanol–water partition coefficient (Wildman–Crippen LogP) is 5.05. The lowest BCUT2D eigenvalue weighted by Crippen LogP contribution is -2.46. The highest BCUT2D eigenvalue weighted by Gasteiger charge is 2.25. The number of nitrogens with one attached hydrogen (secondary N) is 1. The van der Waals surface area contributed by atoms with Crippen LogP contribution in [0, 0.1) is 6.92 Å². The fourth-order valence-corrected chi connectivity index (χ4v) is 5.86. The Bertz CT molecular complexity index is 1370. The fourth-order valence-electron chi connectivity index (χ4n) is 4.60. The van der Waals surface area contributed by atoms with Gasteiger partial charge in [-0.25, -0.2) is 8.42 Å². The van der Waals surface area contributed by atoms with Gasteiger partial charge >= 0.3 is 5.97 Å². The monoisotopic (exact) mass is 566 g/mol. The van der Waals surface area contributed by atoms with Gasteiger partial charge in [0.15, 0.2) is 0 Å². The molecule has 0 fully saturated rings. The molecule has 8 heteroatoms. The van der Waals surface area contributed by atoms with Gasteiger partial charge in [-0.15, -0.1) is 0 Å². The molecule has 1 unspecified atom stereocenters. The molecule has 1 atom stereocenters. The number of aliphatic carboxylic acids is 1. The third-order valence-electron chi connectivity index (χ3n) is 7.10. The minimum Gasteiger partial charge on any atom is -0.481 e. The van der Waals surface area contributed by atoms with Crippen LogP contribution in [0.15, 0.2) is 77.7 Å². The second kappa shape index (κ2) is 14.0. The number of aryl methyl sites for hydroxylation is 3. The molecule has 3 aromatic rings. The van der Waals surface area contributed by atoms with Crippen LogP contribution in [-0.2, 0) is 27.7 Å². The zero-order valence-corrected chi connectivity index (χ0v) is 24.7. The largest absolute Gasteiger partial charge is 0.481 e. The molecule has 0 aliphatic carbocycles. The van der Waals surface area contributed by atoms with Crippen LogP contribution < -0.4 is 5.32 Å². The van der Waals surface area contributed by atoms with E-state index in [1.807, 2.05) is 30.3 Å². The van der Waals surface area contributed by atoms with Crippen LogP contribution in [-0.4, -0.2) is 60.7 Å². The minimum atomic E-state index is -3.83. The van der Waals surface area contributed by atoms with E-state index in [-0.39, 0.29) is 29.9 Å². The fraction of sp³-hybridized carbons (Fsp3) is 0.406. The average molecular weight is 567 g/mol. The Hall–Kier alpha value is -3.04. The first-order chi connectivity index (χ1) is 18.9. The number of aliphatic hydroxyl groups excluding tert-OH is 1. The summed E-state index contributed by atoms with van der Waals surface area (Å²) in [4.78, 5) is 11.1. The lowest BCUT2D eigenvalue weighted by Gasteiger charge is -2.29. The van der Waals surface area contributed by atoms with Gasteiger partial charge in [-0.3, -0.25) is 4.79 Å². The summed E-state index contributed by atoms with van der Waals surface area (Å²) in [5.74, 6) is -0.861. The number of carboxylic acid groups (broad SMARTS) is 1. The van der Waals surface area contributed by atoms with Crippen molar-refractivity contribution in [2.75, 3.05) is 20.1 Å². The third-order valence-corrected chi connectivity index (χ3v) is 8.92. The summed E-state index contributed by atoms with van der Waals surface area (Å²) in [6.07, 6.45) is 2.48. The molecule has 0 aliphatic heterocycles. The number of benzene rings is 3. The van der Waals surface area contributed by atoms with Crippen molar-refractivity contribution >= 4 is 16.0 Å². The van der Waals surface area contributed by atoms with Crippen LogP contribution in [0.1, 0.15) is 49.8 Å². The number of sulfonamides is 1. The van der Waals surface area contributed by atoms with Crippen molar-refractivity contribution in [2.24, 2.45) is 0 Å². The molecule has 0 bridgehead atoms. The molecule has 40 heavy (non-hydrogen) atoms. The van der Waals surface area contributed by atoms with Gasteiger partial charge in [0.05, 0.1) is 11.0 Å². The molecular formula is C32H42N2O5S. The third kappa shape index (κ3) is 9.55. The Balaban J connectivity index is 1.56. The van der Waals surface area contributed by atoms with Gasteiger partial charge in [0.25, 0.3) is 0 Å². The van der Waals surface area contributed by atoms with Crippen molar-refractivity contribution in [3.8, 4) is 11.1 Å². The molecule has 3 aromatic carbocycles. The number of carboxylic acids is 1. The van der Waals surface area contributed by atoms with E-state index in [4.69, 9.17) is 5.11 Å². The van der Waals surface area contributed by atoms with Gasteiger partial charge in [-0.05, 0) is 80.8 Å². The summed E-state index contributed by atoms with van der Waals surface area (Å²) in [5, 5.41) is 23.0. The summed E-state index contributed by atoms with van der Waals surface area (Å²) in [6.45, 7) is 6.51. The van der Waals surface area contributed by atoms with Crippen molar-refractivity contribution in [2.45, 2.75) is 69.4 Å². The lowest BCUT2D eigenvalue weighted by atomic mass is 9.95. The van der Waals surface area contributed by atoms with E-state index in [1.165, 1.54) is 22.5 Å². The highest BCUT2D eigenvalue weighted by atomic mass is 32.2. The average Bonchev–Trinajstić information content (AvgIpc) is 2.92. The molecule has 0 aromatic heterocycles. The van der Waals surface area contributed by atoms with E-state index in [2.05, 4.69) is 50.4 Å². The second-order valence-corrected chi connectivity index (χ2v) is 13.2. The summed E-state index contributed by atoms with van der Waals surface area (Å²) in [7, 11) is -2.35. The van der Waals surface area contributed by atoms with Crippen LogP contribution in [0.25, 0.3) is 11.1 Å². The van der Waals surface area contributed by atoms with Gasteiger partial charge < -0.3 is 15.5 Å². The van der Waals surface area contributed by atoms with Crippen molar-refractivity contribution in [1.82, 2.24) is 9.62 Å². The number of aliphatic hydroxyl groups is 1. The Morgan fingerprint density at radius 1 is 0.950 bits per heavy atom. The molecule has 0 saturated heterocycles. The SMILES string of the molecule is Cc1ccc(CCCC(C)(C)NCC(O)CN(C)S(=O)(=O)c2cccc(-c3cccc(CCC(=O)O)c3)c2)cc1. The standard InChI is InChI=1S/C32H42N2O5S/c1-24-13-15-25(16-14-24)9-7-19-32(2,3)33-22-29(35)23-34(4)40(38,39)30-12-6-11-28(21-30)27-10-5-8-26(20-27)17-18-31(36)37/h5-6,8,10-16,20-21,29,33,35H,7,9,17-19,22-23H2,1-4H3,(H,36,37). The van der Waals surface area contributed by atoms with Crippen molar-refractivity contribution in [1.29, 1.82) is 0 Å². The topological polar surface area (TPSA) is 107 Å². The van der Waals surface area contributed by atoms with Crippen LogP contribution in [0.5, 0.6) is 0 Å². The maximum Gasteiger partial charge on any atom is 0.303 e. The van der Waals surface area contributed by atoms with E-state index in [9.17, 15) is 18.3 Å². The van der Waals surface area contributed by atoms with E-state index >= 15 is 0 Å². The summed E-state index contributed by atoms with van der Waals surface area (Å²) in [5.41, 5.74) is 4.77. The molecular weight excluding hydrogens is 524 g/mol. The van der Waals surface area contributed by atoms with Crippen LogP contribution >= 0.6 is 0 Å². The first-order valence-electron chi connectivity index (χ1n) is 13.7. The molecule has 0 saturated carbocycles. The normalized spacial score (nSPS) is 12.9. The Labute approximate surface area is 238 Å². The highest BCUT2D eigenvalue weighted by Crippen LogP contribution is 2.25. The quantitative estimate of drug-likeness (QED) is 0.238. The molecule has 0 spiro atoms. The second-order valence-electron chi connectivity index (χ2n) is 11.2.